The number of anilines is 1. The van der Waals surface area contributed by atoms with Gasteiger partial charge in [-0.05, 0) is 42.3 Å². The minimum absolute atomic E-state index is 0.0464. The molecule has 1 saturated heterocycles. The largest absolute Gasteiger partial charge is 0.379 e. The fourth-order valence-electron chi connectivity index (χ4n) is 2.88. The lowest BCUT2D eigenvalue weighted by Crippen LogP contribution is -2.34. The minimum atomic E-state index is -3.91. The monoisotopic (exact) mass is 374 g/mol. The average molecular weight is 374 g/mol. The summed E-state index contributed by atoms with van der Waals surface area (Å²) in [6, 6.07) is 14.5. The molecule has 138 valence electrons. The lowest BCUT2D eigenvalue weighted by atomic mass is 10.2. The zero-order chi connectivity index (χ0) is 18.7. The second-order valence-corrected chi connectivity index (χ2v) is 8.16. The van der Waals surface area contributed by atoms with Crippen LogP contribution in [0.1, 0.15) is 13.8 Å². The fraction of sp³-hybridized carbons (Fsp3) is 0.316. The molecule has 1 fully saturated rings. The lowest BCUT2D eigenvalue weighted by Gasteiger charge is -2.20. The molecule has 1 aliphatic heterocycles. The van der Waals surface area contributed by atoms with Crippen LogP contribution < -0.4 is 9.08 Å². The third-order valence-corrected chi connectivity index (χ3v) is 5.33. The van der Waals surface area contributed by atoms with Crippen LogP contribution in [0.4, 0.5) is 10.5 Å². The number of amides is 2. The summed E-state index contributed by atoms with van der Waals surface area (Å²) in [6.45, 7) is 6.13. The van der Waals surface area contributed by atoms with Gasteiger partial charge >= 0.3 is 16.1 Å². The Labute approximate surface area is 154 Å². The van der Waals surface area contributed by atoms with Crippen molar-refractivity contribution < 1.29 is 17.4 Å². The van der Waals surface area contributed by atoms with E-state index in [1.165, 1.54) is 12.1 Å². The van der Waals surface area contributed by atoms with Gasteiger partial charge in [0.25, 0.3) is 0 Å². The van der Waals surface area contributed by atoms with Crippen molar-refractivity contribution in [2.24, 2.45) is 5.92 Å². The molecule has 26 heavy (non-hydrogen) atoms. The number of hydrogen-bond donors (Lipinski definition) is 0. The molecular formula is C19H22N2O4S. The highest BCUT2D eigenvalue weighted by atomic mass is 32.2. The quantitative estimate of drug-likeness (QED) is 0.727. The maximum atomic E-state index is 12.5. The number of benzene rings is 2. The Morgan fingerprint density at radius 2 is 1.65 bits per heavy atom. The second-order valence-electron chi connectivity index (χ2n) is 6.62. The molecule has 0 bridgehead atoms. The van der Waals surface area contributed by atoms with E-state index < -0.39 is 10.1 Å². The van der Waals surface area contributed by atoms with E-state index in [0.717, 1.165) is 0 Å². The first-order valence-corrected chi connectivity index (χ1v) is 9.94. The average Bonchev–Trinajstić information content (AvgIpc) is 2.96. The summed E-state index contributed by atoms with van der Waals surface area (Å²) in [5, 5.41) is 0. The van der Waals surface area contributed by atoms with Crippen LogP contribution in [0.5, 0.6) is 5.75 Å². The molecule has 6 nitrogen and oxygen atoms in total. The lowest BCUT2D eigenvalue weighted by molar-refractivity contribution is 0.215. The van der Waals surface area contributed by atoms with Crippen LogP contribution in [0.2, 0.25) is 0 Å². The van der Waals surface area contributed by atoms with Gasteiger partial charge in [0.15, 0.2) is 0 Å². The fourth-order valence-corrected chi connectivity index (χ4v) is 3.81. The summed E-state index contributed by atoms with van der Waals surface area (Å²) in [7, 11) is -3.91. The molecule has 2 amide bonds. The smallest absolute Gasteiger partial charge is 0.339 e. The third kappa shape index (κ3) is 3.99. The van der Waals surface area contributed by atoms with E-state index in [2.05, 4.69) is 13.8 Å². The molecule has 0 N–H and O–H groups in total. The van der Waals surface area contributed by atoms with Crippen LogP contribution in [-0.2, 0) is 10.1 Å². The van der Waals surface area contributed by atoms with E-state index in [-0.39, 0.29) is 16.7 Å². The Morgan fingerprint density at radius 1 is 1.00 bits per heavy atom. The highest BCUT2D eigenvalue weighted by Gasteiger charge is 2.30. The zero-order valence-electron chi connectivity index (χ0n) is 14.8. The van der Waals surface area contributed by atoms with E-state index >= 15 is 0 Å². The van der Waals surface area contributed by atoms with Gasteiger partial charge in [0.05, 0.1) is 0 Å². The summed E-state index contributed by atoms with van der Waals surface area (Å²) in [4.78, 5) is 16.0. The first-order valence-electron chi connectivity index (χ1n) is 8.53. The summed E-state index contributed by atoms with van der Waals surface area (Å²) in [5.74, 6) is 0.664. The van der Waals surface area contributed by atoms with Gasteiger partial charge in [0.2, 0.25) is 0 Å². The molecule has 0 saturated carbocycles. The Balaban J connectivity index is 1.73. The molecule has 0 atom stereocenters. The molecule has 0 aromatic heterocycles. The van der Waals surface area contributed by atoms with Crippen molar-refractivity contribution in [1.82, 2.24) is 4.90 Å². The van der Waals surface area contributed by atoms with Gasteiger partial charge in [-0.15, -0.1) is 0 Å². The van der Waals surface area contributed by atoms with Crippen molar-refractivity contribution in [2.75, 3.05) is 24.5 Å². The molecule has 7 heteroatoms. The normalized spacial score (nSPS) is 15.0. The van der Waals surface area contributed by atoms with Crippen LogP contribution >= 0.6 is 0 Å². The topological polar surface area (TPSA) is 66.9 Å². The molecule has 3 rings (SSSR count). The van der Waals surface area contributed by atoms with Crippen LogP contribution in [0, 0.1) is 5.92 Å². The number of hydrogen-bond acceptors (Lipinski definition) is 4. The van der Waals surface area contributed by atoms with Crippen molar-refractivity contribution in [3.63, 3.8) is 0 Å². The zero-order valence-corrected chi connectivity index (χ0v) is 15.6. The first kappa shape index (κ1) is 18.3. The standard InChI is InChI=1S/C19H22N2O4S/c1-15(2)14-20-12-13-21(19(20)22)16-8-10-18(11-9-16)26(23,24)25-17-6-4-3-5-7-17/h3-11,15H,12-14H2,1-2H3. The van der Waals surface area contributed by atoms with Gasteiger partial charge in [-0.2, -0.15) is 8.42 Å². The highest BCUT2D eigenvalue weighted by molar-refractivity contribution is 7.87. The number of carbonyl (C=O) groups is 1. The van der Waals surface area contributed by atoms with E-state index in [4.69, 9.17) is 4.18 Å². The van der Waals surface area contributed by atoms with E-state index in [1.807, 2.05) is 4.90 Å². The number of rotatable bonds is 6. The first-order chi connectivity index (χ1) is 12.4. The molecule has 0 aliphatic carbocycles. The van der Waals surface area contributed by atoms with Gasteiger partial charge in [-0.25, -0.2) is 4.79 Å². The van der Waals surface area contributed by atoms with Gasteiger partial charge < -0.3 is 9.08 Å². The summed E-state index contributed by atoms with van der Waals surface area (Å²) < 4.78 is 29.8. The Bertz CT molecular complexity index is 864. The number of nitrogens with zero attached hydrogens (tertiary/aromatic N) is 2. The van der Waals surface area contributed by atoms with Crippen molar-refractivity contribution in [1.29, 1.82) is 0 Å². The Kier molecular flexibility index (Phi) is 5.18. The van der Waals surface area contributed by atoms with Gasteiger partial charge in [0.1, 0.15) is 10.6 Å². The SMILES string of the molecule is CC(C)CN1CCN(c2ccc(S(=O)(=O)Oc3ccccc3)cc2)C1=O. The minimum Gasteiger partial charge on any atom is -0.379 e. The van der Waals surface area contributed by atoms with Crippen molar-refractivity contribution in [3.8, 4) is 5.75 Å². The van der Waals surface area contributed by atoms with Crippen molar-refractivity contribution >= 4 is 21.8 Å². The van der Waals surface area contributed by atoms with Crippen LogP contribution in [0.25, 0.3) is 0 Å². The molecule has 2 aromatic rings. The molecule has 0 spiro atoms. The summed E-state index contributed by atoms with van der Waals surface area (Å²) >= 11 is 0. The summed E-state index contributed by atoms with van der Waals surface area (Å²) in [6.07, 6.45) is 0. The van der Waals surface area contributed by atoms with E-state index in [0.29, 0.717) is 31.2 Å². The van der Waals surface area contributed by atoms with Crippen LogP contribution in [0.15, 0.2) is 59.5 Å². The Morgan fingerprint density at radius 3 is 2.27 bits per heavy atom. The number of urea groups is 1. The van der Waals surface area contributed by atoms with Crippen molar-refractivity contribution in [3.05, 3.63) is 54.6 Å². The predicted molar refractivity (Wildman–Crippen MR) is 99.9 cm³/mol. The van der Waals surface area contributed by atoms with E-state index in [1.54, 1.807) is 47.4 Å². The molecule has 0 unspecified atom stereocenters. The number of carbonyl (C=O) groups excluding carboxylic acids is 1. The maximum Gasteiger partial charge on any atom is 0.339 e. The molecular weight excluding hydrogens is 352 g/mol. The molecule has 2 aromatic carbocycles. The van der Waals surface area contributed by atoms with Gasteiger partial charge in [0, 0.05) is 25.3 Å². The molecule has 1 aliphatic rings. The molecule has 1 heterocycles. The second kappa shape index (κ2) is 7.37. The molecule has 0 radical (unpaired) electrons. The van der Waals surface area contributed by atoms with Crippen LogP contribution in [0.3, 0.4) is 0 Å². The van der Waals surface area contributed by atoms with Gasteiger partial charge in [-0.3, -0.25) is 4.90 Å². The van der Waals surface area contributed by atoms with Gasteiger partial charge in [-0.1, -0.05) is 32.0 Å². The number of para-hydroxylation sites is 1. The third-order valence-electron chi connectivity index (χ3n) is 4.07. The predicted octanol–water partition coefficient (Wildman–Crippen LogP) is 3.35. The summed E-state index contributed by atoms with van der Waals surface area (Å²) in [5.41, 5.74) is 0.680. The Hall–Kier alpha value is -2.54. The highest BCUT2D eigenvalue weighted by Crippen LogP contribution is 2.24. The maximum absolute atomic E-state index is 12.5. The van der Waals surface area contributed by atoms with Crippen molar-refractivity contribution in [2.45, 2.75) is 18.7 Å². The van der Waals surface area contributed by atoms with E-state index in [9.17, 15) is 13.2 Å². The van der Waals surface area contributed by atoms with Crippen LogP contribution in [-0.4, -0.2) is 39.0 Å².